The molecule has 1 aliphatic rings. The topological polar surface area (TPSA) is 81.6 Å². The summed E-state index contributed by atoms with van der Waals surface area (Å²) in [6.07, 6.45) is 3.43. The smallest absolute Gasteiger partial charge is 0.319 e. The summed E-state index contributed by atoms with van der Waals surface area (Å²) in [4.78, 5) is 15.2. The molecule has 0 unspecified atom stereocenters. The van der Waals surface area contributed by atoms with E-state index in [4.69, 9.17) is 14.2 Å². The number of benzene rings is 1. The summed E-state index contributed by atoms with van der Waals surface area (Å²) in [5, 5.41) is 3.32. The highest BCUT2D eigenvalue weighted by Crippen LogP contribution is 2.29. The van der Waals surface area contributed by atoms with E-state index in [1.807, 2.05) is 12.1 Å². The lowest BCUT2D eigenvalue weighted by Crippen LogP contribution is -2.36. The predicted molar refractivity (Wildman–Crippen MR) is 111 cm³/mol. The van der Waals surface area contributed by atoms with E-state index in [2.05, 4.69) is 49.4 Å². The van der Waals surface area contributed by atoms with Gasteiger partial charge in [0, 0.05) is 42.4 Å². The third-order valence-electron chi connectivity index (χ3n) is 4.70. The molecular weight excluding hydrogens is 370 g/mol. The Balaban J connectivity index is 1.46. The molecule has 0 bridgehead atoms. The summed E-state index contributed by atoms with van der Waals surface area (Å²) < 4.78 is 15.8. The first-order chi connectivity index (χ1) is 14.3. The third-order valence-corrected chi connectivity index (χ3v) is 4.70. The molecule has 1 N–H and O–H groups in total. The van der Waals surface area contributed by atoms with Crippen LogP contribution in [0.3, 0.4) is 0 Å². The van der Waals surface area contributed by atoms with Crippen LogP contribution in [0.5, 0.6) is 11.9 Å². The van der Waals surface area contributed by atoms with Crippen LogP contribution in [0.2, 0.25) is 0 Å². The minimum absolute atomic E-state index is 0.261. The zero-order chi connectivity index (χ0) is 20.1. The minimum atomic E-state index is 0.261. The lowest BCUT2D eigenvalue weighted by atomic mass is 10.1. The van der Waals surface area contributed by atoms with Gasteiger partial charge in [-0.15, -0.1) is 0 Å². The van der Waals surface area contributed by atoms with E-state index in [1.54, 1.807) is 19.5 Å². The number of nitrogens with one attached hydrogen (secondary N) is 1. The summed E-state index contributed by atoms with van der Waals surface area (Å²) >= 11 is 0. The summed E-state index contributed by atoms with van der Waals surface area (Å²) in [6.45, 7) is 3.41. The molecule has 8 heteroatoms. The van der Waals surface area contributed by atoms with Crippen molar-refractivity contribution in [3.05, 3.63) is 48.8 Å². The van der Waals surface area contributed by atoms with Gasteiger partial charge in [0.15, 0.2) is 0 Å². The summed E-state index contributed by atoms with van der Waals surface area (Å²) in [7, 11) is 3.08. The van der Waals surface area contributed by atoms with Crippen LogP contribution in [0.4, 0.5) is 17.2 Å². The Morgan fingerprint density at radius 3 is 2.38 bits per heavy atom. The number of hydrogen-bond donors (Lipinski definition) is 1. The van der Waals surface area contributed by atoms with Gasteiger partial charge < -0.3 is 24.4 Å². The van der Waals surface area contributed by atoms with Gasteiger partial charge in [-0.2, -0.15) is 4.98 Å². The van der Waals surface area contributed by atoms with Crippen LogP contribution in [0.15, 0.2) is 48.8 Å². The van der Waals surface area contributed by atoms with E-state index in [0.29, 0.717) is 5.88 Å². The largest absolute Gasteiger partial charge is 0.480 e. The normalized spacial score (nSPS) is 13.8. The maximum atomic E-state index is 5.41. The molecular formula is C21H23N5O3. The average molecular weight is 393 g/mol. The molecule has 0 aliphatic carbocycles. The molecule has 150 valence electrons. The van der Waals surface area contributed by atoms with E-state index in [1.165, 1.54) is 12.8 Å². The van der Waals surface area contributed by atoms with Crippen molar-refractivity contribution in [2.75, 3.05) is 50.7 Å². The number of ether oxygens (including phenoxy) is 3. The number of nitrogens with zero attached hydrogens (tertiary/aromatic N) is 4. The second-order valence-corrected chi connectivity index (χ2v) is 6.48. The van der Waals surface area contributed by atoms with Crippen LogP contribution in [-0.2, 0) is 4.74 Å². The van der Waals surface area contributed by atoms with Crippen molar-refractivity contribution in [2.24, 2.45) is 0 Å². The fourth-order valence-electron chi connectivity index (χ4n) is 3.16. The van der Waals surface area contributed by atoms with E-state index < -0.39 is 0 Å². The zero-order valence-electron chi connectivity index (χ0n) is 16.5. The first-order valence-corrected chi connectivity index (χ1v) is 9.38. The van der Waals surface area contributed by atoms with Crippen LogP contribution in [0.1, 0.15) is 0 Å². The van der Waals surface area contributed by atoms with Crippen LogP contribution in [-0.4, -0.2) is 55.5 Å². The zero-order valence-corrected chi connectivity index (χ0v) is 16.5. The third kappa shape index (κ3) is 4.38. The molecule has 1 fully saturated rings. The van der Waals surface area contributed by atoms with Gasteiger partial charge in [-0.05, 0) is 36.4 Å². The van der Waals surface area contributed by atoms with Gasteiger partial charge in [0.05, 0.1) is 33.0 Å². The number of aromatic nitrogens is 3. The molecule has 0 saturated carbocycles. The first-order valence-electron chi connectivity index (χ1n) is 9.38. The average Bonchev–Trinajstić information content (AvgIpc) is 2.80. The van der Waals surface area contributed by atoms with E-state index in [9.17, 15) is 0 Å². The van der Waals surface area contributed by atoms with Gasteiger partial charge in [-0.25, -0.2) is 9.97 Å². The fraction of sp³-hybridized carbons (Fsp3) is 0.286. The lowest BCUT2D eigenvalue weighted by molar-refractivity contribution is 0.122. The molecule has 0 atom stereocenters. The highest BCUT2D eigenvalue weighted by molar-refractivity contribution is 5.69. The molecule has 1 aliphatic heterocycles. The van der Waals surface area contributed by atoms with Crippen molar-refractivity contribution in [1.82, 2.24) is 15.0 Å². The first kappa shape index (κ1) is 18.9. The quantitative estimate of drug-likeness (QED) is 0.684. The number of morpholine rings is 1. The van der Waals surface area contributed by atoms with Gasteiger partial charge in [0.2, 0.25) is 5.88 Å². The Morgan fingerprint density at radius 2 is 1.72 bits per heavy atom. The van der Waals surface area contributed by atoms with Gasteiger partial charge in [-0.3, -0.25) is 0 Å². The molecule has 0 spiro atoms. The number of rotatable bonds is 6. The molecule has 1 saturated heterocycles. The molecule has 29 heavy (non-hydrogen) atoms. The van der Waals surface area contributed by atoms with E-state index in [-0.39, 0.29) is 6.01 Å². The van der Waals surface area contributed by atoms with Crippen molar-refractivity contribution < 1.29 is 14.2 Å². The molecule has 1 aromatic carbocycles. The summed E-state index contributed by atoms with van der Waals surface area (Å²) in [5.74, 6) is 1.19. The van der Waals surface area contributed by atoms with E-state index in [0.717, 1.165) is 48.9 Å². The van der Waals surface area contributed by atoms with Crippen molar-refractivity contribution >= 4 is 17.2 Å². The monoisotopic (exact) mass is 393 g/mol. The minimum Gasteiger partial charge on any atom is -0.480 e. The standard InChI is InChI=1S/C21H23N5O3/c1-27-20-18(14-23-21(25-20)28-2)15-3-8-19(22-13-15)24-16-4-6-17(7-5-16)26-9-11-29-12-10-26/h3-8,13-14H,9-12H2,1-2H3,(H,22,24). The molecule has 8 nitrogen and oxygen atoms in total. The summed E-state index contributed by atoms with van der Waals surface area (Å²) in [5.41, 5.74) is 3.79. The predicted octanol–water partition coefficient (Wildman–Crippen LogP) is 3.14. The second-order valence-electron chi connectivity index (χ2n) is 6.48. The Bertz CT molecular complexity index is 942. The fourth-order valence-corrected chi connectivity index (χ4v) is 3.16. The molecule has 3 heterocycles. The number of anilines is 3. The summed E-state index contributed by atoms with van der Waals surface area (Å²) in [6, 6.07) is 12.5. The highest BCUT2D eigenvalue weighted by Gasteiger charge is 2.12. The molecule has 3 aromatic rings. The number of hydrogen-bond acceptors (Lipinski definition) is 8. The van der Waals surface area contributed by atoms with Crippen LogP contribution < -0.4 is 19.7 Å². The van der Waals surface area contributed by atoms with Crippen LogP contribution >= 0.6 is 0 Å². The Hall–Kier alpha value is -3.39. The van der Waals surface area contributed by atoms with Gasteiger partial charge in [-0.1, -0.05) is 0 Å². The van der Waals surface area contributed by atoms with Gasteiger partial charge in [0.25, 0.3) is 0 Å². The maximum Gasteiger partial charge on any atom is 0.319 e. The van der Waals surface area contributed by atoms with E-state index >= 15 is 0 Å². The van der Waals surface area contributed by atoms with Crippen molar-refractivity contribution in [2.45, 2.75) is 0 Å². The van der Waals surface area contributed by atoms with Crippen molar-refractivity contribution in [3.8, 4) is 23.0 Å². The molecule has 0 amide bonds. The van der Waals surface area contributed by atoms with Crippen LogP contribution in [0.25, 0.3) is 11.1 Å². The highest BCUT2D eigenvalue weighted by atomic mass is 16.5. The van der Waals surface area contributed by atoms with Gasteiger partial charge in [0.1, 0.15) is 5.82 Å². The maximum absolute atomic E-state index is 5.41. The van der Waals surface area contributed by atoms with Crippen molar-refractivity contribution in [1.29, 1.82) is 0 Å². The number of pyridine rings is 1. The SMILES string of the molecule is COc1ncc(-c2ccc(Nc3ccc(N4CCOCC4)cc3)nc2)c(OC)n1. The molecule has 4 rings (SSSR count). The lowest BCUT2D eigenvalue weighted by Gasteiger charge is -2.28. The second kappa shape index (κ2) is 8.74. The Morgan fingerprint density at radius 1 is 0.931 bits per heavy atom. The Labute approximate surface area is 169 Å². The van der Waals surface area contributed by atoms with Crippen molar-refractivity contribution in [3.63, 3.8) is 0 Å². The molecule has 0 radical (unpaired) electrons. The van der Waals surface area contributed by atoms with Crippen LogP contribution in [0, 0.1) is 0 Å². The molecule has 2 aromatic heterocycles. The van der Waals surface area contributed by atoms with Gasteiger partial charge >= 0.3 is 6.01 Å². The Kier molecular flexibility index (Phi) is 5.71. The number of methoxy groups -OCH3 is 2.